The number of unbranched alkanes of at least 4 members (excludes halogenated alkanes) is 3. The maximum atomic E-state index is 2.33. The van der Waals surface area contributed by atoms with Crippen LogP contribution < -0.4 is 0 Å². The Kier molecular flexibility index (Phi) is 17.3. The summed E-state index contributed by atoms with van der Waals surface area (Å²) in [5.74, 6) is 0. The van der Waals surface area contributed by atoms with Crippen LogP contribution in [0, 0.1) is 0 Å². The van der Waals surface area contributed by atoms with Crippen LogP contribution in [0.5, 0.6) is 0 Å². The summed E-state index contributed by atoms with van der Waals surface area (Å²) in [6.45, 7) is 6.98. The molecule has 0 nitrogen and oxygen atoms in total. The van der Waals surface area contributed by atoms with Crippen molar-refractivity contribution in [3.8, 4) is 0 Å². The summed E-state index contributed by atoms with van der Waals surface area (Å²) in [4.78, 5) is 0. The zero-order chi connectivity index (χ0) is 9.94. The van der Waals surface area contributed by atoms with Gasteiger partial charge in [-0.2, -0.15) is 0 Å². The number of halogens is 1. The molecule has 0 N–H and O–H groups in total. The molecule has 0 aromatic carbocycles. The average molecular weight is 330 g/mol. The molecule has 0 aromatic heterocycles. The summed E-state index contributed by atoms with van der Waals surface area (Å²) in [7, 11) is 0. The van der Waals surface area contributed by atoms with E-state index in [4.69, 9.17) is 0 Å². The largest absolute Gasteiger partial charge is 0.0149 e. The van der Waals surface area contributed by atoms with Crippen molar-refractivity contribution in [2.24, 2.45) is 0 Å². The molecule has 0 aromatic rings. The predicted octanol–water partition coefficient (Wildman–Crippen LogP) is 3.44. The SMILES string of the molecule is CCCCI(CCCC)CCCC.[SiH4]. The van der Waals surface area contributed by atoms with Gasteiger partial charge in [0, 0.05) is 0 Å². The molecule has 0 aliphatic rings. The molecule has 0 spiro atoms. The fourth-order valence-corrected chi connectivity index (χ4v) is 8.39. The van der Waals surface area contributed by atoms with Gasteiger partial charge in [-0.3, -0.25) is 0 Å². The van der Waals surface area contributed by atoms with Crippen molar-refractivity contribution >= 4 is 30.8 Å². The summed E-state index contributed by atoms with van der Waals surface area (Å²) < 4.78 is 4.92. The van der Waals surface area contributed by atoms with E-state index in [1.54, 1.807) is 13.3 Å². The zero-order valence-corrected chi connectivity index (χ0v) is 11.9. The van der Waals surface area contributed by atoms with Crippen LogP contribution in [0.2, 0.25) is 0 Å². The summed E-state index contributed by atoms with van der Waals surface area (Å²) in [6, 6.07) is 0. The monoisotopic (exact) mass is 330 g/mol. The predicted molar refractivity (Wildman–Crippen MR) is 84.7 cm³/mol. The van der Waals surface area contributed by atoms with Gasteiger partial charge in [0.2, 0.25) is 0 Å². The molecule has 0 radical (unpaired) electrons. The molecule has 0 amide bonds. The third-order valence-electron chi connectivity index (χ3n) is 2.26. The molecule has 0 aliphatic heterocycles. The van der Waals surface area contributed by atoms with Crippen molar-refractivity contribution in [3.63, 3.8) is 0 Å². The molecule has 90 valence electrons. The Morgan fingerprint density at radius 2 is 0.929 bits per heavy atom. The van der Waals surface area contributed by atoms with E-state index in [0.29, 0.717) is 0 Å². The molecule has 0 saturated heterocycles. The van der Waals surface area contributed by atoms with Crippen LogP contribution in [0.3, 0.4) is 0 Å². The minimum Gasteiger partial charge on any atom is -0.0149 e. The van der Waals surface area contributed by atoms with E-state index < -0.39 is 19.8 Å². The van der Waals surface area contributed by atoms with E-state index in [-0.39, 0.29) is 11.0 Å². The van der Waals surface area contributed by atoms with Crippen LogP contribution in [0.15, 0.2) is 0 Å². The topological polar surface area (TPSA) is 0 Å². The Hall–Kier alpha value is 0.947. The first-order valence-electron chi connectivity index (χ1n) is 5.92. The van der Waals surface area contributed by atoms with Gasteiger partial charge in [-0.05, 0) is 11.0 Å². The van der Waals surface area contributed by atoms with Gasteiger partial charge in [0.1, 0.15) is 0 Å². The fourth-order valence-electron chi connectivity index (χ4n) is 1.25. The third-order valence-corrected chi connectivity index (χ3v) is 9.13. The molecular weight excluding hydrogens is 299 g/mol. The normalized spacial score (nSPS) is 10.9. The van der Waals surface area contributed by atoms with Gasteiger partial charge in [0.15, 0.2) is 0 Å². The number of hydrogen-bond donors (Lipinski definition) is 0. The van der Waals surface area contributed by atoms with E-state index in [1.165, 1.54) is 38.5 Å². The van der Waals surface area contributed by atoms with Crippen molar-refractivity contribution in [1.29, 1.82) is 0 Å². The number of rotatable bonds is 9. The van der Waals surface area contributed by atoms with Crippen molar-refractivity contribution < 1.29 is 0 Å². The summed E-state index contributed by atoms with van der Waals surface area (Å²) in [6.07, 6.45) is 8.76. The molecule has 0 unspecified atom stereocenters. The molecule has 0 rings (SSSR count). The second-order valence-corrected chi connectivity index (χ2v) is 10.2. The number of alkyl halides is 3. The van der Waals surface area contributed by atoms with Crippen LogP contribution in [-0.4, -0.2) is 24.2 Å². The van der Waals surface area contributed by atoms with Crippen molar-refractivity contribution in [2.45, 2.75) is 59.3 Å². The maximum Gasteiger partial charge on any atom is -0.0149 e. The molecule has 0 aliphatic carbocycles. The molecular formula is C12H31ISi. The standard InChI is InChI=1S/C12H27I.H4Si/c1-4-7-10-13(11-8-5-2)12-9-6-3;/h4-12H2,1-3H3;1H4. The Bertz CT molecular complexity index is 77.3. The fraction of sp³-hybridized carbons (Fsp3) is 1.00. The van der Waals surface area contributed by atoms with E-state index in [2.05, 4.69) is 20.8 Å². The second kappa shape index (κ2) is 13.9. The first kappa shape index (κ1) is 17.3. The van der Waals surface area contributed by atoms with Crippen LogP contribution in [0.25, 0.3) is 0 Å². The molecule has 0 saturated carbocycles. The smallest absolute Gasteiger partial charge is 0.0149 e. The molecule has 0 bridgehead atoms. The number of hydrogen-bond acceptors (Lipinski definition) is 0. The Balaban J connectivity index is 0. The van der Waals surface area contributed by atoms with Crippen LogP contribution in [-0.2, 0) is 0 Å². The average Bonchev–Trinajstić information content (AvgIpc) is 2.17. The van der Waals surface area contributed by atoms with Crippen LogP contribution in [0.4, 0.5) is 0 Å². The molecule has 2 heteroatoms. The Labute approximate surface area is 103 Å². The summed E-state index contributed by atoms with van der Waals surface area (Å²) >= 11 is -0.457. The van der Waals surface area contributed by atoms with Crippen molar-refractivity contribution in [3.05, 3.63) is 0 Å². The van der Waals surface area contributed by atoms with Gasteiger partial charge in [0.25, 0.3) is 0 Å². The van der Waals surface area contributed by atoms with Gasteiger partial charge in [-0.15, -0.1) is 0 Å². The first-order chi connectivity index (χ1) is 6.35. The zero-order valence-electron chi connectivity index (χ0n) is 9.74. The van der Waals surface area contributed by atoms with Gasteiger partial charge in [0.05, 0.1) is 0 Å². The van der Waals surface area contributed by atoms with Gasteiger partial charge in [-0.1, -0.05) is 0 Å². The molecule has 14 heavy (non-hydrogen) atoms. The van der Waals surface area contributed by atoms with Crippen LogP contribution >= 0.6 is 19.8 Å². The second-order valence-electron chi connectivity index (χ2n) is 3.69. The first-order valence-corrected chi connectivity index (χ1v) is 10.5. The minimum atomic E-state index is -0.457. The van der Waals surface area contributed by atoms with Gasteiger partial charge < -0.3 is 0 Å². The summed E-state index contributed by atoms with van der Waals surface area (Å²) in [5, 5.41) is 0. The maximum absolute atomic E-state index is 2.33. The summed E-state index contributed by atoms with van der Waals surface area (Å²) in [5.41, 5.74) is 0. The van der Waals surface area contributed by atoms with Crippen molar-refractivity contribution in [1.82, 2.24) is 0 Å². The quantitative estimate of drug-likeness (QED) is 0.345. The van der Waals surface area contributed by atoms with E-state index in [1.807, 2.05) is 0 Å². The Morgan fingerprint density at radius 1 is 0.643 bits per heavy atom. The molecule has 0 fully saturated rings. The van der Waals surface area contributed by atoms with E-state index in [0.717, 1.165) is 0 Å². The minimum absolute atomic E-state index is 0. The Morgan fingerprint density at radius 3 is 1.14 bits per heavy atom. The molecule has 0 heterocycles. The van der Waals surface area contributed by atoms with Crippen molar-refractivity contribution in [2.75, 3.05) is 13.3 Å². The van der Waals surface area contributed by atoms with E-state index in [9.17, 15) is 0 Å². The van der Waals surface area contributed by atoms with Gasteiger partial charge >= 0.3 is 92.4 Å². The van der Waals surface area contributed by atoms with E-state index >= 15 is 0 Å². The third kappa shape index (κ3) is 11.0. The van der Waals surface area contributed by atoms with Crippen LogP contribution in [0.1, 0.15) is 59.3 Å². The molecule has 0 atom stereocenters. The van der Waals surface area contributed by atoms with Gasteiger partial charge in [-0.25, -0.2) is 0 Å².